The van der Waals surface area contributed by atoms with E-state index in [1.54, 1.807) is 31.5 Å². The Labute approximate surface area is 190 Å². The zero-order chi connectivity index (χ0) is 24.1. The molecule has 0 aliphatic rings. The maximum atomic E-state index is 13.2. The molecule has 0 saturated heterocycles. The molecule has 0 spiro atoms. The lowest BCUT2D eigenvalue weighted by molar-refractivity contribution is 0.0544. The minimum Gasteiger partial charge on any atom is -0.496 e. The second-order valence-corrected chi connectivity index (χ2v) is 9.07. The fourth-order valence-electron chi connectivity index (χ4n) is 4.19. The molecule has 33 heavy (non-hydrogen) atoms. The minimum absolute atomic E-state index is 0.239. The van der Waals surface area contributed by atoms with Gasteiger partial charge in [-0.1, -0.05) is 0 Å². The van der Waals surface area contributed by atoms with Crippen molar-refractivity contribution in [3.05, 3.63) is 63.6 Å². The first kappa shape index (κ1) is 22.2. The van der Waals surface area contributed by atoms with Gasteiger partial charge in [0.1, 0.15) is 11.4 Å². The number of nitrogens with one attached hydrogen (secondary N) is 1. The van der Waals surface area contributed by atoms with Crippen molar-refractivity contribution in [1.29, 1.82) is 5.26 Å². The number of carbonyl (C=O) groups excluding carboxylic acids is 1. The first-order chi connectivity index (χ1) is 15.6. The van der Waals surface area contributed by atoms with Gasteiger partial charge in [-0.3, -0.25) is 14.5 Å². The molecular weight excluding hydrogens is 420 g/mol. The molecule has 170 valence electrons. The third-order valence-electron chi connectivity index (χ3n) is 5.62. The normalized spacial score (nSPS) is 12.6. The minimum atomic E-state index is -0.635. The molecule has 2 aromatic carbocycles. The van der Waals surface area contributed by atoms with Crippen LogP contribution >= 0.6 is 0 Å². The van der Waals surface area contributed by atoms with Crippen LogP contribution in [0.3, 0.4) is 0 Å². The van der Waals surface area contributed by atoms with Crippen LogP contribution in [0.25, 0.3) is 21.8 Å². The average molecular weight is 447 g/mol. The van der Waals surface area contributed by atoms with E-state index in [0.717, 1.165) is 16.5 Å². The predicted octanol–water partition coefficient (Wildman–Crippen LogP) is 4.87. The quantitative estimate of drug-likeness (QED) is 0.484. The summed E-state index contributed by atoms with van der Waals surface area (Å²) in [6.07, 6.45) is 1.20. The Morgan fingerprint density at radius 2 is 1.91 bits per heavy atom. The molecule has 2 aromatic heterocycles. The second-order valence-electron chi connectivity index (χ2n) is 9.07. The largest absolute Gasteiger partial charge is 0.496 e. The fraction of sp³-hybridized carbons (Fsp3) is 0.320. The predicted molar refractivity (Wildman–Crippen MR) is 126 cm³/mol. The summed E-state index contributed by atoms with van der Waals surface area (Å²) < 4.78 is 14.3. The van der Waals surface area contributed by atoms with Crippen molar-refractivity contribution < 1.29 is 14.3 Å². The van der Waals surface area contributed by atoms with E-state index < -0.39 is 17.7 Å². The number of fused-ring (bicyclic) bond motifs is 2. The van der Waals surface area contributed by atoms with Crippen molar-refractivity contribution in [2.24, 2.45) is 0 Å². The number of aromatic nitrogens is 3. The topological polar surface area (TPSA) is 102 Å². The number of carbonyl (C=O) groups is 1. The molecule has 8 heteroatoms. The molecular formula is C25H26N4O4. The maximum absolute atomic E-state index is 13.2. The van der Waals surface area contributed by atoms with Gasteiger partial charge in [0, 0.05) is 17.1 Å². The summed E-state index contributed by atoms with van der Waals surface area (Å²) in [5.41, 5.74) is 2.48. The van der Waals surface area contributed by atoms with Crippen LogP contribution in [0.5, 0.6) is 5.75 Å². The molecule has 1 atom stereocenters. The number of nitrogens with zero attached hydrogens (tertiary/aromatic N) is 3. The third kappa shape index (κ3) is 3.76. The van der Waals surface area contributed by atoms with Gasteiger partial charge in [0.15, 0.2) is 0 Å². The lowest BCUT2D eigenvalue weighted by Gasteiger charge is -2.21. The molecule has 0 aliphatic carbocycles. The van der Waals surface area contributed by atoms with Crippen LogP contribution in [0.2, 0.25) is 0 Å². The Morgan fingerprint density at radius 1 is 1.18 bits per heavy atom. The molecule has 0 fully saturated rings. The Hall–Kier alpha value is -3.99. The highest BCUT2D eigenvalue weighted by Crippen LogP contribution is 2.37. The highest BCUT2D eigenvalue weighted by molar-refractivity contribution is 5.95. The van der Waals surface area contributed by atoms with Gasteiger partial charge in [0.05, 0.1) is 41.2 Å². The summed E-state index contributed by atoms with van der Waals surface area (Å²) in [6.45, 7) is 9.25. The van der Waals surface area contributed by atoms with Gasteiger partial charge < -0.3 is 9.47 Å². The highest BCUT2D eigenvalue weighted by Gasteiger charge is 2.26. The van der Waals surface area contributed by atoms with Crippen molar-refractivity contribution >= 4 is 27.9 Å². The van der Waals surface area contributed by atoms with E-state index in [1.165, 1.54) is 9.25 Å². The fourth-order valence-corrected chi connectivity index (χ4v) is 4.19. The van der Waals surface area contributed by atoms with Gasteiger partial charge in [-0.2, -0.15) is 5.26 Å². The van der Waals surface area contributed by atoms with Crippen LogP contribution in [0.1, 0.15) is 50.4 Å². The number of aromatic amines is 1. The number of H-pyrrole nitrogens is 1. The molecule has 1 unspecified atom stereocenters. The molecule has 2 heterocycles. The molecule has 0 bridgehead atoms. The third-order valence-corrected chi connectivity index (χ3v) is 5.62. The van der Waals surface area contributed by atoms with Crippen LogP contribution in [0.15, 0.2) is 41.3 Å². The Bertz CT molecular complexity index is 1490. The summed E-state index contributed by atoms with van der Waals surface area (Å²) in [5.74, 6) is 0.609. The first-order valence-corrected chi connectivity index (χ1v) is 10.6. The molecule has 4 rings (SSSR count). The lowest BCUT2D eigenvalue weighted by Crippen LogP contribution is -2.27. The van der Waals surface area contributed by atoms with Gasteiger partial charge in [0.2, 0.25) is 0 Å². The van der Waals surface area contributed by atoms with E-state index in [9.17, 15) is 14.9 Å². The Kier molecular flexibility index (Phi) is 5.29. The maximum Gasteiger partial charge on any atom is 0.419 e. The molecule has 0 amide bonds. The standard InChI is InChI=1S/C25H26N4O4/c1-14-11-20(32-6)21(17-9-10-28(22(14)17)24(31)33-25(3,4)5)15(2)29-23(30)18-12-16(13-26)7-8-19(18)27-29/h7-12,15,27H,1-6H3. The van der Waals surface area contributed by atoms with Gasteiger partial charge in [-0.15, -0.1) is 0 Å². The van der Waals surface area contributed by atoms with E-state index in [4.69, 9.17) is 9.47 Å². The van der Waals surface area contributed by atoms with Crippen LogP contribution < -0.4 is 10.3 Å². The molecule has 1 N–H and O–H groups in total. The Balaban J connectivity index is 1.92. The van der Waals surface area contributed by atoms with E-state index in [0.29, 0.717) is 27.7 Å². The monoisotopic (exact) mass is 446 g/mol. The number of nitriles is 1. The zero-order valence-corrected chi connectivity index (χ0v) is 19.5. The number of aryl methyl sites for hydroxylation is 1. The zero-order valence-electron chi connectivity index (χ0n) is 19.5. The molecule has 8 nitrogen and oxygen atoms in total. The molecule has 0 radical (unpaired) electrons. The summed E-state index contributed by atoms with van der Waals surface area (Å²) in [7, 11) is 1.58. The highest BCUT2D eigenvalue weighted by atomic mass is 16.6. The van der Waals surface area contributed by atoms with E-state index in [-0.39, 0.29) is 5.56 Å². The van der Waals surface area contributed by atoms with E-state index >= 15 is 0 Å². The van der Waals surface area contributed by atoms with Crippen molar-refractivity contribution in [1.82, 2.24) is 14.3 Å². The van der Waals surface area contributed by atoms with Gasteiger partial charge in [0.25, 0.3) is 5.56 Å². The number of hydrogen-bond donors (Lipinski definition) is 1. The van der Waals surface area contributed by atoms with Crippen molar-refractivity contribution in [3.63, 3.8) is 0 Å². The number of ether oxygens (including phenoxy) is 2. The van der Waals surface area contributed by atoms with Gasteiger partial charge in [-0.05, 0) is 70.5 Å². The number of rotatable bonds is 3. The van der Waals surface area contributed by atoms with Gasteiger partial charge >= 0.3 is 6.09 Å². The smallest absolute Gasteiger partial charge is 0.419 e. The van der Waals surface area contributed by atoms with Crippen LogP contribution in [0.4, 0.5) is 4.79 Å². The van der Waals surface area contributed by atoms with Crippen LogP contribution in [-0.4, -0.2) is 33.2 Å². The number of hydrogen-bond acceptors (Lipinski definition) is 5. The van der Waals surface area contributed by atoms with Crippen molar-refractivity contribution in [2.45, 2.75) is 46.3 Å². The van der Waals surface area contributed by atoms with Gasteiger partial charge in [-0.25, -0.2) is 9.48 Å². The SMILES string of the molecule is COc1cc(C)c2c(ccn2C(=O)OC(C)(C)C)c1C(C)n1[nH]c2ccc(C#N)cc2c1=O. The number of methoxy groups -OCH3 is 1. The summed E-state index contributed by atoms with van der Waals surface area (Å²) in [6, 6.07) is 10.3. The number of benzene rings is 2. The van der Waals surface area contributed by atoms with Crippen molar-refractivity contribution in [3.8, 4) is 11.8 Å². The summed E-state index contributed by atoms with van der Waals surface area (Å²) in [4.78, 5) is 26.0. The molecule has 0 saturated carbocycles. The first-order valence-electron chi connectivity index (χ1n) is 10.6. The van der Waals surface area contributed by atoms with Crippen LogP contribution in [-0.2, 0) is 4.74 Å². The summed E-state index contributed by atoms with van der Waals surface area (Å²) >= 11 is 0. The van der Waals surface area contributed by atoms with E-state index in [1.807, 2.05) is 46.8 Å². The van der Waals surface area contributed by atoms with Crippen molar-refractivity contribution in [2.75, 3.05) is 7.11 Å². The molecule has 0 aliphatic heterocycles. The Morgan fingerprint density at radius 3 is 2.55 bits per heavy atom. The average Bonchev–Trinajstić information content (AvgIpc) is 3.34. The van der Waals surface area contributed by atoms with E-state index in [2.05, 4.69) is 11.2 Å². The second kappa shape index (κ2) is 7.85. The van der Waals surface area contributed by atoms with Crippen LogP contribution in [0, 0.1) is 18.3 Å². The summed E-state index contributed by atoms with van der Waals surface area (Å²) in [5, 5.41) is 13.6. The molecule has 4 aromatic rings. The lowest BCUT2D eigenvalue weighted by atomic mass is 9.99.